The first kappa shape index (κ1) is 13.6. The molecular formula is C17H19N3O. The van der Waals surface area contributed by atoms with Crippen LogP contribution in [-0.2, 0) is 13.0 Å². The van der Waals surface area contributed by atoms with Gasteiger partial charge in [-0.2, -0.15) is 0 Å². The van der Waals surface area contributed by atoms with Crippen molar-refractivity contribution in [3.8, 4) is 5.75 Å². The molecule has 3 N–H and O–H groups in total. The van der Waals surface area contributed by atoms with E-state index in [1.165, 1.54) is 0 Å². The molecule has 2 aromatic carbocycles. The van der Waals surface area contributed by atoms with E-state index in [4.69, 9.17) is 0 Å². The molecule has 4 nitrogen and oxygen atoms in total. The van der Waals surface area contributed by atoms with Crippen molar-refractivity contribution in [1.29, 1.82) is 0 Å². The molecule has 0 aliphatic carbocycles. The highest BCUT2D eigenvalue weighted by Crippen LogP contribution is 2.26. The van der Waals surface area contributed by atoms with Gasteiger partial charge in [0.25, 0.3) is 0 Å². The number of hydrogen-bond donors (Lipinski definition) is 3. The number of H-pyrrole nitrogens is 1. The lowest BCUT2D eigenvalue weighted by molar-refractivity contribution is 0.465. The summed E-state index contributed by atoms with van der Waals surface area (Å²) < 4.78 is 0. The van der Waals surface area contributed by atoms with E-state index < -0.39 is 0 Å². The van der Waals surface area contributed by atoms with Gasteiger partial charge in [-0.15, -0.1) is 0 Å². The standard InChI is InChI=1S/C17H19N3O/c21-16-8-7-13-4-1-2-5-14(13)15(16)12-18-9-3-6-17-19-10-11-20-17/h1-2,4-5,7-8,10-11,18,21H,3,6,9,12H2,(H,19,20). The van der Waals surface area contributed by atoms with Gasteiger partial charge in [-0.1, -0.05) is 30.3 Å². The van der Waals surface area contributed by atoms with Crippen LogP contribution in [0.25, 0.3) is 10.8 Å². The molecule has 0 unspecified atom stereocenters. The second-order valence-corrected chi connectivity index (χ2v) is 5.10. The number of hydrogen-bond acceptors (Lipinski definition) is 3. The number of phenols is 1. The van der Waals surface area contributed by atoms with Crippen molar-refractivity contribution in [2.45, 2.75) is 19.4 Å². The molecule has 1 aromatic heterocycles. The normalized spacial score (nSPS) is 11.0. The molecule has 0 fully saturated rings. The number of phenolic OH excluding ortho intramolecular Hbond substituents is 1. The van der Waals surface area contributed by atoms with Gasteiger partial charge in [-0.05, 0) is 29.8 Å². The van der Waals surface area contributed by atoms with Gasteiger partial charge in [0.05, 0.1) is 0 Å². The van der Waals surface area contributed by atoms with Crippen LogP contribution in [0, 0.1) is 0 Å². The third kappa shape index (κ3) is 3.23. The molecule has 0 aliphatic rings. The highest BCUT2D eigenvalue weighted by Gasteiger charge is 2.06. The minimum Gasteiger partial charge on any atom is -0.508 e. The molecule has 1 heterocycles. The van der Waals surface area contributed by atoms with Crippen LogP contribution < -0.4 is 5.32 Å². The van der Waals surface area contributed by atoms with Gasteiger partial charge in [0, 0.05) is 30.9 Å². The molecule has 0 saturated carbocycles. The van der Waals surface area contributed by atoms with Crippen LogP contribution in [0.5, 0.6) is 5.75 Å². The van der Waals surface area contributed by atoms with Crippen LogP contribution >= 0.6 is 0 Å². The van der Waals surface area contributed by atoms with Gasteiger partial charge in [0.2, 0.25) is 0 Å². The largest absolute Gasteiger partial charge is 0.508 e. The monoisotopic (exact) mass is 281 g/mol. The highest BCUT2D eigenvalue weighted by molar-refractivity contribution is 5.87. The lowest BCUT2D eigenvalue weighted by Gasteiger charge is -2.10. The van der Waals surface area contributed by atoms with E-state index in [1.54, 1.807) is 12.3 Å². The van der Waals surface area contributed by atoms with Crippen LogP contribution in [0.15, 0.2) is 48.8 Å². The van der Waals surface area contributed by atoms with Gasteiger partial charge < -0.3 is 15.4 Å². The predicted octanol–water partition coefficient (Wildman–Crippen LogP) is 2.99. The highest BCUT2D eigenvalue weighted by atomic mass is 16.3. The number of fused-ring (bicyclic) bond motifs is 1. The maximum atomic E-state index is 10.1. The molecule has 3 aromatic rings. The Hall–Kier alpha value is -2.33. The first-order valence-corrected chi connectivity index (χ1v) is 7.23. The Balaban J connectivity index is 1.59. The van der Waals surface area contributed by atoms with E-state index >= 15 is 0 Å². The lowest BCUT2D eigenvalue weighted by Crippen LogP contribution is -2.15. The molecule has 0 aliphatic heterocycles. The van der Waals surface area contributed by atoms with Crippen molar-refractivity contribution in [3.05, 3.63) is 60.2 Å². The average Bonchev–Trinajstić information content (AvgIpc) is 3.02. The number of aromatic nitrogens is 2. The quantitative estimate of drug-likeness (QED) is 0.609. The number of aryl methyl sites for hydroxylation is 1. The maximum absolute atomic E-state index is 10.1. The lowest BCUT2D eigenvalue weighted by atomic mass is 10.0. The molecule has 0 saturated heterocycles. The summed E-state index contributed by atoms with van der Waals surface area (Å²) >= 11 is 0. The molecule has 0 spiro atoms. The van der Waals surface area contributed by atoms with E-state index in [9.17, 15) is 5.11 Å². The summed E-state index contributed by atoms with van der Waals surface area (Å²) in [5.74, 6) is 1.37. The average molecular weight is 281 g/mol. The first-order valence-electron chi connectivity index (χ1n) is 7.23. The second kappa shape index (κ2) is 6.41. The minimum atomic E-state index is 0.354. The Bertz CT molecular complexity index is 707. The minimum absolute atomic E-state index is 0.354. The predicted molar refractivity (Wildman–Crippen MR) is 84.2 cm³/mol. The van der Waals surface area contributed by atoms with Crippen molar-refractivity contribution in [1.82, 2.24) is 15.3 Å². The molecule has 108 valence electrons. The van der Waals surface area contributed by atoms with E-state index in [2.05, 4.69) is 27.4 Å². The summed E-state index contributed by atoms with van der Waals surface area (Å²) in [5.41, 5.74) is 0.964. The summed E-state index contributed by atoms with van der Waals surface area (Å²) in [6.45, 7) is 1.56. The first-order chi connectivity index (χ1) is 10.3. The van der Waals surface area contributed by atoms with E-state index in [-0.39, 0.29) is 0 Å². The number of nitrogens with one attached hydrogen (secondary N) is 2. The van der Waals surface area contributed by atoms with Crippen molar-refractivity contribution in [2.75, 3.05) is 6.54 Å². The van der Waals surface area contributed by atoms with Gasteiger partial charge in [0.1, 0.15) is 11.6 Å². The zero-order valence-electron chi connectivity index (χ0n) is 11.8. The molecule has 0 bridgehead atoms. The van der Waals surface area contributed by atoms with Gasteiger partial charge in [0.15, 0.2) is 0 Å². The number of aromatic amines is 1. The van der Waals surface area contributed by atoms with Crippen molar-refractivity contribution in [3.63, 3.8) is 0 Å². The third-order valence-electron chi connectivity index (χ3n) is 3.64. The second-order valence-electron chi connectivity index (χ2n) is 5.10. The molecule has 0 atom stereocenters. The number of rotatable bonds is 6. The van der Waals surface area contributed by atoms with Gasteiger partial charge in [-0.3, -0.25) is 0 Å². The van der Waals surface area contributed by atoms with Crippen LogP contribution in [0.1, 0.15) is 17.8 Å². The van der Waals surface area contributed by atoms with Crippen molar-refractivity contribution < 1.29 is 5.11 Å². The number of aromatic hydroxyl groups is 1. The summed E-state index contributed by atoms with van der Waals surface area (Å²) in [7, 11) is 0. The molecule has 4 heteroatoms. The van der Waals surface area contributed by atoms with Crippen LogP contribution in [0.4, 0.5) is 0 Å². The Labute approximate surface area is 123 Å². The maximum Gasteiger partial charge on any atom is 0.120 e. The summed E-state index contributed by atoms with van der Waals surface area (Å²) in [6, 6.07) is 11.8. The SMILES string of the molecule is Oc1ccc2ccccc2c1CNCCCc1ncc[nH]1. The smallest absolute Gasteiger partial charge is 0.120 e. The van der Waals surface area contributed by atoms with Crippen LogP contribution in [0.2, 0.25) is 0 Å². The van der Waals surface area contributed by atoms with Crippen molar-refractivity contribution >= 4 is 10.8 Å². The molecular weight excluding hydrogens is 262 g/mol. The van der Waals surface area contributed by atoms with Gasteiger partial charge >= 0.3 is 0 Å². The zero-order chi connectivity index (χ0) is 14.5. The third-order valence-corrected chi connectivity index (χ3v) is 3.64. The molecule has 0 radical (unpaired) electrons. The summed E-state index contributed by atoms with van der Waals surface area (Å²) in [6.07, 6.45) is 5.56. The molecule has 21 heavy (non-hydrogen) atoms. The van der Waals surface area contributed by atoms with Crippen LogP contribution in [-0.4, -0.2) is 21.6 Å². The number of imidazole rings is 1. The Morgan fingerprint density at radius 2 is 2.05 bits per heavy atom. The Morgan fingerprint density at radius 1 is 1.14 bits per heavy atom. The summed E-state index contributed by atoms with van der Waals surface area (Å²) in [5, 5.41) is 15.7. The topological polar surface area (TPSA) is 60.9 Å². The summed E-state index contributed by atoms with van der Waals surface area (Å²) in [4.78, 5) is 7.30. The van der Waals surface area contributed by atoms with E-state index in [1.807, 2.05) is 24.4 Å². The molecule has 0 amide bonds. The number of nitrogens with zero attached hydrogens (tertiary/aromatic N) is 1. The number of benzene rings is 2. The van der Waals surface area contributed by atoms with E-state index in [0.29, 0.717) is 12.3 Å². The van der Waals surface area contributed by atoms with E-state index in [0.717, 1.165) is 41.5 Å². The fourth-order valence-corrected chi connectivity index (χ4v) is 2.54. The van der Waals surface area contributed by atoms with Gasteiger partial charge in [-0.25, -0.2) is 4.98 Å². The fourth-order valence-electron chi connectivity index (χ4n) is 2.54. The van der Waals surface area contributed by atoms with Crippen LogP contribution in [0.3, 0.4) is 0 Å². The molecule has 3 rings (SSSR count). The Kier molecular flexibility index (Phi) is 4.17. The fraction of sp³-hybridized carbons (Fsp3) is 0.235. The van der Waals surface area contributed by atoms with Crippen molar-refractivity contribution in [2.24, 2.45) is 0 Å². The zero-order valence-corrected chi connectivity index (χ0v) is 11.8. The Morgan fingerprint density at radius 3 is 2.90 bits per heavy atom.